The molecule has 3 aromatic rings. The molecule has 0 aliphatic carbocycles. The number of hydrogen-bond acceptors (Lipinski definition) is 4. The summed E-state index contributed by atoms with van der Waals surface area (Å²) in [7, 11) is 0. The Balaban J connectivity index is 1.69. The smallest absolute Gasteiger partial charge is 0.260 e. The average molecular weight is 333 g/mol. The van der Waals surface area contributed by atoms with Crippen LogP contribution in [0.2, 0.25) is 5.02 Å². The number of aromatic nitrogens is 1. The molecule has 0 spiro atoms. The van der Waals surface area contributed by atoms with Crippen molar-refractivity contribution in [3.63, 3.8) is 0 Å². The van der Waals surface area contributed by atoms with Crippen LogP contribution in [0.4, 0.5) is 5.13 Å². The predicted molar refractivity (Wildman–Crippen MR) is 87.8 cm³/mol. The van der Waals surface area contributed by atoms with Crippen molar-refractivity contribution in [2.45, 2.75) is 13.3 Å². The van der Waals surface area contributed by atoms with E-state index in [2.05, 4.69) is 10.3 Å². The van der Waals surface area contributed by atoms with Crippen LogP contribution < -0.4 is 5.32 Å². The minimum Gasteiger partial charge on any atom is -0.469 e. The number of halogens is 1. The summed E-state index contributed by atoms with van der Waals surface area (Å²) in [6.07, 6.45) is 4.00. The zero-order chi connectivity index (χ0) is 15.5. The fourth-order valence-electron chi connectivity index (χ4n) is 2.08. The van der Waals surface area contributed by atoms with Crippen LogP contribution in [0.3, 0.4) is 0 Å². The second-order valence-corrected chi connectivity index (χ2v) is 6.33. The molecule has 0 aliphatic heterocycles. The number of carbonyl (C=O) groups is 1. The maximum Gasteiger partial charge on any atom is 0.260 e. The van der Waals surface area contributed by atoms with Crippen LogP contribution in [0.1, 0.15) is 26.6 Å². The van der Waals surface area contributed by atoms with E-state index in [1.807, 2.05) is 24.3 Å². The van der Waals surface area contributed by atoms with Gasteiger partial charge < -0.3 is 4.42 Å². The average Bonchev–Trinajstić information content (AvgIpc) is 3.08. The van der Waals surface area contributed by atoms with Gasteiger partial charge in [0, 0.05) is 22.5 Å². The second-order valence-electron chi connectivity index (χ2n) is 4.78. The Morgan fingerprint density at radius 1 is 1.41 bits per heavy atom. The first-order valence-corrected chi connectivity index (χ1v) is 7.86. The van der Waals surface area contributed by atoms with Gasteiger partial charge in [0.25, 0.3) is 5.91 Å². The molecule has 112 valence electrons. The molecule has 4 nitrogen and oxygen atoms in total. The molecule has 1 amide bonds. The van der Waals surface area contributed by atoms with Gasteiger partial charge in [-0.15, -0.1) is 11.3 Å². The number of carbonyl (C=O) groups excluding carboxylic acids is 1. The van der Waals surface area contributed by atoms with Gasteiger partial charge in [-0.1, -0.05) is 23.7 Å². The number of hydrogen-bond donors (Lipinski definition) is 1. The van der Waals surface area contributed by atoms with Gasteiger partial charge in [-0.25, -0.2) is 4.98 Å². The summed E-state index contributed by atoms with van der Waals surface area (Å²) in [6, 6.07) is 9.35. The highest BCUT2D eigenvalue weighted by atomic mass is 35.5. The zero-order valence-corrected chi connectivity index (χ0v) is 13.4. The highest BCUT2D eigenvalue weighted by Crippen LogP contribution is 2.23. The van der Waals surface area contributed by atoms with Crippen molar-refractivity contribution >= 4 is 34.0 Å². The summed E-state index contributed by atoms with van der Waals surface area (Å²) in [5.74, 6) is 0.378. The number of thiazole rings is 1. The van der Waals surface area contributed by atoms with E-state index in [-0.39, 0.29) is 5.91 Å². The number of amides is 1. The molecule has 2 heterocycles. The van der Waals surface area contributed by atoms with Gasteiger partial charge in [-0.2, -0.15) is 0 Å². The third kappa shape index (κ3) is 3.37. The van der Waals surface area contributed by atoms with Crippen molar-refractivity contribution in [3.05, 3.63) is 69.6 Å². The molecule has 0 aliphatic rings. The molecule has 1 N–H and O–H groups in total. The van der Waals surface area contributed by atoms with Gasteiger partial charge in [-0.05, 0) is 30.7 Å². The molecule has 0 radical (unpaired) electrons. The second kappa shape index (κ2) is 6.34. The Morgan fingerprint density at radius 3 is 3.00 bits per heavy atom. The van der Waals surface area contributed by atoms with Crippen LogP contribution in [0.15, 0.2) is 47.2 Å². The normalized spacial score (nSPS) is 10.6. The third-order valence-corrected chi connectivity index (χ3v) is 4.29. The number of rotatable bonds is 4. The van der Waals surface area contributed by atoms with E-state index in [4.69, 9.17) is 16.0 Å². The first-order chi connectivity index (χ1) is 10.6. The number of furan rings is 1. The molecular formula is C16H13ClN2O2S. The summed E-state index contributed by atoms with van der Waals surface area (Å²) >= 11 is 7.43. The highest BCUT2D eigenvalue weighted by molar-refractivity contribution is 7.15. The lowest BCUT2D eigenvalue weighted by molar-refractivity contribution is 0.102. The predicted octanol–water partition coefficient (Wildman–Crippen LogP) is 4.54. The molecule has 0 unspecified atom stereocenters. The summed E-state index contributed by atoms with van der Waals surface area (Å²) in [6.45, 7) is 1.75. The number of anilines is 1. The lowest BCUT2D eigenvalue weighted by Gasteiger charge is -2.00. The zero-order valence-electron chi connectivity index (χ0n) is 11.8. The Morgan fingerprint density at radius 2 is 2.27 bits per heavy atom. The molecule has 0 fully saturated rings. The summed E-state index contributed by atoms with van der Waals surface area (Å²) < 4.78 is 5.13. The van der Waals surface area contributed by atoms with Crippen molar-refractivity contribution in [2.75, 3.05) is 5.32 Å². The molecule has 0 saturated heterocycles. The molecule has 3 rings (SSSR count). The van der Waals surface area contributed by atoms with Gasteiger partial charge in [0.2, 0.25) is 0 Å². The first-order valence-electron chi connectivity index (χ1n) is 6.66. The largest absolute Gasteiger partial charge is 0.469 e. The van der Waals surface area contributed by atoms with Gasteiger partial charge >= 0.3 is 0 Å². The molecular weight excluding hydrogens is 320 g/mol. The van der Waals surface area contributed by atoms with Crippen LogP contribution in [0.5, 0.6) is 0 Å². The van der Waals surface area contributed by atoms with Crippen molar-refractivity contribution in [1.82, 2.24) is 4.98 Å². The Bertz CT molecular complexity index is 810. The van der Waals surface area contributed by atoms with Crippen LogP contribution >= 0.6 is 22.9 Å². The van der Waals surface area contributed by atoms with Crippen molar-refractivity contribution in [2.24, 2.45) is 0 Å². The lowest BCUT2D eigenvalue weighted by Crippen LogP contribution is -2.11. The topological polar surface area (TPSA) is 55.1 Å². The van der Waals surface area contributed by atoms with Gasteiger partial charge in [0.15, 0.2) is 5.13 Å². The van der Waals surface area contributed by atoms with E-state index in [1.54, 1.807) is 19.2 Å². The van der Waals surface area contributed by atoms with Crippen molar-refractivity contribution in [3.8, 4) is 0 Å². The van der Waals surface area contributed by atoms with E-state index < -0.39 is 0 Å². The van der Waals surface area contributed by atoms with Gasteiger partial charge in [0.1, 0.15) is 5.76 Å². The highest BCUT2D eigenvalue weighted by Gasteiger charge is 2.13. The molecule has 2 aromatic heterocycles. The third-order valence-electron chi connectivity index (χ3n) is 3.14. The quantitative estimate of drug-likeness (QED) is 0.763. The minimum atomic E-state index is -0.213. The van der Waals surface area contributed by atoms with E-state index in [0.717, 1.165) is 16.9 Å². The van der Waals surface area contributed by atoms with E-state index in [0.29, 0.717) is 21.5 Å². The molecule has 0 bridgehead atoms. The summed E-state index contributed by atoms with van der Waals surface area (Å²) in [5.41, 5.74) is 1.63. The molecule has 0 saturated carbocycles. The van der Waals surface area contributed by atoms with Crippen molar-refractivity contribution < 1.29 is 9.21 Å². The van der Waals surface area contributed by atoms with Crippen LogP contribution in [0, 0.1) is 6.92 Å². The molecule has 0 atom stereocenters. The fourth-order valence-corrected chi connectivity index (χ4v) is 3.13. The maximum atomic E-state index is 12.1. The van der Waals surface area contributed by atoms with Crippen molar-refractivity contribution in [1.29, 1.82) is 0 Å². The Labute approximate surface area is 136 Å². The number of benzene rings is 1. The first kappa shape index (κ1) is 14.8. The fraction of sp³-hybridized carbons (Fsp3) is 0.125. The minimum absolute atomic E-state index is 0.213. The van der Waals surface area contributed by atoms with Crippen LogP contribution in [-0.2, 0) is 6.42 Å². The van der Waals surface area contributed by atoms with Gasteiger partial charge in [-0.3, -0.25) is 10.1 Å². The lowest BCUT2D eigenvalue weighted by atomic mass is 10.1. The number of nitrogens with zero attached hydrogens (tertiary/aromatic N) is 1. The monoisotopic (exact) mass is 332 g/mol. The summed E-state index contributed by atoms with van der Waals surface area (Å²) in [5, 5.41) is 4.07. The SMILES string of the molecule is Cc1occc1C(=O)Nc1ncc(Cc2cccc(Cl)c2)s1. The van der Waals surface area contributed by atoms with E-state index in [9.17, 15) is 4.79 Å². The number of nitrogens with one attached hydrogen (secondary N) is 1. The van der Waals surface area contributed by atoms with E-state index in [1.165, 1.54) is 17.6 Å². The molecule has 6 heteroatoms. The molecule has 22 heavy (non-hydrogen) atoms. The number of aryl methyl sites for hydroxylation is 1. The Kier molecular flexibility index (Phi) is 4.27. The molecule has 1 aromatic carbocycles. The van der Waals surface area contributed by atoms with Crippen LogP contribution in [0.25, 0.3) is 0 Å². The van der Waals surface area contributed by atoms with E-state index >= 15 is 0 Å². The maximum absolute atomic E-state index is 12.1. The Hall–Kier alpha value is -2.11. The standard InChI is InChI=1S/C16H13ClN2O2S/c1-10-14(5-6-21-10)15(20)19-16-18-9-13(22-16)8-11-3-2-4-12(17)7-11/h2-7,9H,8H2,1H3,(H,18,19,20). The van der Waals surface area contributed by atoms with Gasteiger partial charge in [0.05, 0.1) is 11.8 Å². The summed E-state index contributed by atoms with van der Waals surface area (Å²) in [4.78, 5) is 17.4. The van der Waals surface area contributed by atoms with Crippen LogP contribution in [-0.4, -0.2) is 10.9 Å².